The second kappa shape index (κ2) is 8.81. The van der Waals surface area contributed by atoms with Crippen molar-refractivity contribution < 1.29 is 14.3 Å². The molecule has 7 nitrogen and oxygen atoms in total. The maximum Gasteiger partial charge on any atom is 0.329 e. The molecule has 1 saturated heterocycles. The standard InChI is InChI=1S/C19H21ClN4O3/c1-13-6-7-14(11-15(13)20)23-17(25)12-27-18(26)16-5-2-3-10-24(16)19-21-8-4-9-22-19/h4,6-9,11,16H,2-3,5,10,12H2,1H3,(H,23,25). The van der Waals surface area contributed by atoms with Crippen molar-refractivity contribution in [2.75, 3.05) is 23.4 Å². The summed E-state index contributed by atoms with van der Waals surface area (Å²) in [6, 6.07) is 6.46. The van der Waals surface area contributed by atoms with Crippen molar-refractivity contribution in [2.24, 2.45) is 0 Å². The number of carbonyl (C=O) groups excluding carboxylic acids is 2. The van der Waals surface area contributed by atoms with Crippen LogP contribution in [0.5, 0.6) is 0 Å². The van der Waals surface area contributed by atoms with Gasteiger partial charge in [-0.1, -0.05) is 17.7 Å². The Morgan fingerprint density at radius 3 is 2.81 bits per heavy atom. The van der Waals surface area contributed by atoms with Crippen LogP contribution in [0.2, 0.25) is 5.02 Å². The molecule has 3 rings (SSSR count). The molecule has 0 saturated carbocycles. The lowest BCUT2D eigenvalue weighted by molar-refractivity contribution is -0.149. The first-order valence-corrected chi connectivity index (χ1v) is 9.18. The summed E-state index contributed by atoms with van der Waals surface area (Å²) >= 11 is 6.05. The maximum absolute atomic E-state index is 12.5. The number of nitrogens with one attached hydrogen (secondary N) is 1. The van der Waals surface area contributed by atoms with Crippen LogP contribution in [-0.2, 0) is 14.3 Å². The molecule has 1 aliphatic heterocycles. The number of halogens is 1. The lowest BCUT2D eigenvalue weighted by atomic mass is 10.0. The Kier molecular flexibility index (Phi) is 6.24. The minimum atomic E-state index is -0.484. The Hall–Kier alpha value is -2.67. The van der Waals surface area contributed by atoms with Gasteiger partial charge in [0, 0.05) is 29.6 Å². The molecule has 1 N–H and O–H groups in total. The summed E-state index contributed by atoms with van der Waals surface area (Å²) in [6.45, 7) is 2.20. The topological polar surface area (TPSA) is 84.4 Å². The fraction of sp³-hybridized carbons (Fsp3) is 0.368. The van der Waals surface area contributed by atoms with Crippen molar-refractivity contribution in [3.63, 3.8) is 0 Å². The minimum absolute atomic E-state index is 0.357. The largest absolute Gasteiger partial charge is 0.454 e. The van der Waals surface area contributed by atoms with E-state index in [1.807, 2.05) is 17.9 Å². The van der Waals surface area contributed by atoms with E-state index in [1.54, 1.807) is 30.6 Å². The third-order valence-electron chi connectivity index (χ3n) is 4.39. The predicted molar refractivity (Wildman–Crippen MR) is 103 cm³/mol. The maximum atomic E-state index is 12.5. The van der Waals surface area contributed by atoms with Crippen LogP contribution >= 0.6 is 11.6 Å². The van der Waals surface area contributed by atoms with Crippen molar-refractivity contribution in [2.45, 2.75) is 32.2 Å². The quantitative estimate of drug-likeness (QED) is 0.792. The van der Waals surface area contributed by atoms with Crippen LogP contribution in [0.3, 0.4) is 0 Å². The molecule has 8 heteroatoms. The van der Waals surface area contributed by atoms with Crippen LogP contribution < -0.4 is 10.2 Å². The van der Waals surface area contributed by atoms with Crippen LogP contribution in [0.15, 0.2) is 36.7 Å². The van der Waals surface area contributed by atoms with Crippen LogP contribution in [0.1, 0.15) is 24.8 Å². The van der Waals surface area contributed by atoms with Gasteiger partial charge in [0.15, 0.2) is 6.61 Å². The molecule has 1 aromatic heterocycles. The smallest absolute Gasteiger partial charge is 0.329 e. The van der Waals surface area contributed by atoms with Gasteiger partial charge in [-0.2, -0.15) is 0 Å². The van der Waals surface area contributed by atoms with E-state index in [0.717, 1.165) is 18.4 Å². The Labute approximate surface area is 162 Å². The van der Waals surface area contributed by atoms with Gasteiger partial charge in [0.25, 0.3) is 5.91 Å². The Morgan fingerprint density at radius 1 is 1.30 bits per heavy atom. The first-order valence-electron chi connectivity index (χ1n) is 8.81. The number of hydrogen-bond acceptors (Lipinski definition) is 6. The van der Waals surface area contributed by atoms with Gasteiger partial charge in [-0.25, -0.2) is 14.8 Å². The number of rotatable bonds is 5. The molecular formula is C19H21ClN4O3. The Morgan fingerprint density at radius 2 is 2.07 bits per heavy atom. The van der Waals surface area contributed by atoms with Crippen molar-refractivity contribution in [3.8, 4) is 0 Å². The van der Waals surface area contributed by atoms with Gasteiger partial charge in [-0.15, -0.1) is 0 Å². The minimum Gasteiger partial charge on any atom is -0.454 e. The second-order valence-electron chi connectivity index (χ2n) is 6.37. The highest BCUT2D eigenvalue weighted by molar-refractivity contribution is 6.31. The fourth-order valence-corrected chi connectivity index (χ4v) is 3.14. The van der Waals surface area contributed by atoms with Crippen molar-refractivity contribution >= 4 is 35.1 Å². The van der Waals surface area contributed by atoms with E-state index in [2.05, 4.69) is 15.3 Å². The van der Waals surface area contributed by atoms with Gasteiger partial charge in [0.1, 0.15) is 6.04 Å². The third kappa shape index (κ3) is 4.95. The molecule has 1 fully saturated rings. The van der Waals surface area contributed by atoms with E-state index in [4.69, 9.17) is 16.3 Å². The average molecular weight is 389 g/mol. The van der Waals surface area contributed by atoms with Gasteiger partial charge in [0.2, 0.25) is 5.95 Å². The van der Waals surface area contributed by atoms with E-state index >= 15 is 0 Å². The van der Waals surface area contributed by atoms with E-state index in [9.17, 15) is 9.59 Å². The molecule has 1 aromatic carbocycles. The highest BCUT2D eigenvalue weighted by atomic mass is 35.5. The van der Waals surface area contributed by atoms with Gasteiger partial charge in [-0.05, 0) is 49.9 Å². The lowest BCUT2D eigenvalue weighted by Crippen LogP contribution is -2.47. The van der Waals surface area contributed by atoms with Gasteiger partial charge < -0.3 is 15.0 Å². The molecular weight excluding hydrogens is 368 g/mol. The summed E-state index contributed by atoms with van der Waals surface area (Å²) in [6.07, 6.45) is 5.79. The highest BCUT2D eigenvalue weighted by Gasteiger charge is 2.32. The number of nitrogens with zero attached hydrogens (tertiary/aromatic N) is 3. The number of anilines is 2. The molecule has 0 bridgehead atoms. The number of benzene rings is 1. The second-order valence-corrected chi connectivity index (χ2v) is 6.78. The molecule has 27 heavy (non-hydrogen) atoms. The number of aryl methyl sites for hydroxylation is 1. The molecule has 1 aliphatic rings. The summed E-state index contributed by atoms with van der Waals surface area (Å²) in [7, 11) is 0. The molecule has 2 heterocycles. The Bertz CT molecular complexity index is 816. The van der Waals surface area contributed by atoms with Gasteiger partial charge in [0.05, 0.1) is 0 Å². The number of esters is 1. The van der Waals surface area contributed by atoms with Gasteiger partial charge in [-0.3, -0.25) is 4.79 Å². The van der Waals surface area contributed by atoms with Crippen molar-refractivity contribution in [1.29, 1.82) is 0 Å². The van der Waals surface area contributed by atoms with Crippen LogP contribution in [-0.4, -0.2) is 41.0 Å². The molecule has 142 valence electrons. The summed E-state index contributed by atoms with van der Waals surface area (Å²) in [5.41, 5.74) is 1.48. The summed E-state index contributed by atoms with van der Waals surface area (Å²) in [5.74, 6) is -0.362. The number of piperidine rings is 1. The zero-order valence-electron chi connectivity index (χ0n) is 15.0. The number of amides is 1. The van der Waals surface area contributed by atoms with Crippen LogP contribution in [0, 0.1) is 6.92 Å². The zero-order chi connectivity index (χ0) is 19.2. The van der Waals surface area contributed by atoms with Gasteiger partial charge >= 0.3 is 5.97 Å². The molecule has 0 aliphatic carbocycles. The number of aromatic nitrogens is 2. The summed E-state index contributed by atoms with van der Waals surface area (Å²) < 4.78 is 5.24. The number of hydrogen-bond donors (Lipinski definition) is 1. The number of ether oxygens (including phenoxy) is 1. The summed E-state index contributed by atoms with van der Waals surface area (Å²) in [4.78, 5) is 34.9. The molecule has 0 spiro atoms. The normalized spacial score (nSPS) is 16.7. The molecule has 2 aromatic rings. The Balaban J connectivity index is 1.57. The first-order chi connectivity index (χ1) is 13.0. The zero-order valence-corrected chi connectivity index (χ0v) is 15.8. The highest BCUT2D eigenvalue weighted by Crippen LogP contribution is 2.22. The van der Waals surface area contributed by atoms with E-state index in [1.165, 1.54) is 0 Å². The van der Waals surface area contributed by atoms with Crippen LogP contribution in [0.25, 0.3) is 0 Å². The molecule has 0 radical (unpaired) electrons. The first kappa shape index (κ1) is 19.1. The average Bonchev–Trinajstić information content (AvgIpc) is 2.69. The lowest BCUT2D eigenvalue weighted by Gasteiger charge is -2.33. The summed E-state index contributed by atoms with van der Waals surface area (Å²) in [5, 5.41) is 3.23. The number of carbonyl (C=O) groups is 2. The molecule has 1 amide bonds. The van der Waals surface area contributed by atoms with E-state index in [0.29, 0.717) is 29.6 Å². The van der Waals surface area contributed by atoms with E-state index in [-0.39, 0.29) is 6.61 Å². The van der Waals surface area contributed by atoms with Crippen molar-refractivity contribution in [1.82, 2.24) is 9.97 Å². The fourth-order valence-electron chi connectivity index (χ4n) is 2.96. The van der Waals surface area contributed by atoms with Crippen LogP contribution in [0.4, 0.5) is 11.6 Å². The third-order valence-corrected chi connectivity index (χ3v) is 4.79. The van der Waals surface area contributed by atoms with Crippen molar-refractivity contribution in [3.05, 3.63) is 47.2 Å². The predicted octanol–water partition coefficient (Wildman–Crippen LogP) is 2.98. The molecule has 1 atom stereocenters. The SMILES string of the molecule is Cc1ccc(NC(=O)COC(=O)C2CCCCN2c2ncccn2)cc1Cl. The van der Waals surface area contributed by atoms with E-state index < -0.39 is 17.9 Å². The monoisotopic (exact) mass is 388 g/mol. The molecule has 1 unspecified atom stereocenters.